The molecule has 2 aliphatic heterocycles. The standard InChI is InChI=1S/C24H30N2O3/c1-28-22-6-2-5-20(15-22)17-25(18-23-7-4-14-29-23)16-19-9-11-21(12-10-19)26-13-3-8-24(26)27/h2,5-6,9-12,15,23H,3-4,7-8,13-14,16-18H2,1H3/t23-/m1/s1. The number of ether oxygens (including phenoxy) is 2. The van der Waals surface area contributed by atoms with Crippen LogP contribution in [0.3, 0.4) is 0 Å². The van der Waals surface area contributed by atoms with E-state index in [1.807, 2.05) is 17.0 Å². The Kier molecular flexibility index (Phi) is 6.47. The SMILES string of the molecule is COc1cccc(CN(Cc2ccc(N3CCCC3=O)cc2)C[C@H]2CCCO2)c1. The zero-order chi connectivity index (χ0) is 20.1. The molecule has 0 unspecified atom stereocenters. The van der Waals surface area contributed by atoms with Gasteiger partial charge in [-0.25, -0.2) is 0 Å². The lowest BCUT2D eigenvalue weighted by atomic mass is 10.1. The molecule has 0 saturated carbocycles. The summed E-state index contributed by atoms with van der Waals surface area (Å²) < 4.78 is 11.3. The summed E-state index contributed by atoms with van der Waals surface area (Å²) in [5.41, 5.74) is 3.50. The summed E-state index contributed by atoms with van der Waals surface area (Å²) in [6.45, 7) is 4.33. The first-order valence-corrected chi connectivity index (χ1v) is 10.6. The van der Waals surface area contributed by atoms with Gasteiger partial charge >= 0.3 is 0 Å². The van der Waals surface area contributed by atoms with E-state index in [0.29, 0.717) is 12.5 Å². The van der Waals surface area contributed by atoms with Crippen molar-refractivity contribution in [2.75, 3.05) is 31.7 Å². The predicted octanol–water partition coefficient (Wildman–Crippen LogP) is 4.00. The molecule has 0 aromatic heterocycles. The smallest absolute Gasteiger partial charge is 0.227 e. The minimum Gasteiger partial charge on any atom is -0.497 e. The molecule has 0 aliphatic carbocycles. The lowest BCUT2D eigenvalue weighted by molar-refractivity contribution is -0.117. The molecule has 2 heterocycles. The van der Waals surface area contributed by atoms with E-state index in [9.17, 15) is 4.79 Å². The Balaban J connectivity index is 1.45. The maximum atomic E-state index is 12.0. The zero-order valence-corrected chi connectivity index (χ0v) is 17.2. The molecule has 0 radical (unpaired) electrons. The van der Waals surface area contributed by atoms with Crippen LogP contribution in [-0.4, -0.2) is 43.7 Å². The molecule has 5 heteroatoms. The fourth-order valence-electron chi connectivity index (χ4n) is 4.25. The van der Waals surface area contributed by atoms with Crippen LogP contribution in [0, 0.1) is 0 Å². The minimum atomic E-state index is 0.232. The Morgan fingerprint density at radius 3 is 2.62 bits per heavy atom. The highest BCUT2D eigenvalue weighted by molar-refractivity contribution is 5.95. The molecule has 154 valence electrons. The highest BCUT2D eigenvalue weighted by Crippen LogP contribution is 2.23. The summed E-state index contributed by atoms with van der Waals surface area (Å²) in [6.07, 6.45) is 4.20. The van der Waals surface area contributed by atoms with Crippen LogP contribution in [0.4, 0.5) is 5.69 Å². The molecule has 2 aromatic rings. The van der Waals surface area contributed by atoms with Crippen LogP contribution in [0.25, 0.3) is 0 Å². The van der Waals surface area contributed by atoms with Crippen molar-refractivity contribution in [1.29, 1.82) is 0 Å². The molecule has 2 fully saturated rings. The summed E-state index contributed by atoms with van der Waals surface area (Å²) in [6, 6.07) is 16.7. The molecule has 4 rings (SSSR count). The number of nitrogens with zero attached hydrogens (tertiary/aromatic N) is 2. The quantitative estimate of drug-likeness (QED) is 0.679. The van der Waals surface area contributed by atoms with E-state index in [1.165, 1.54) is 11.1 Å². The molecule has 0 spiro atoms. The van der Waals surface area contributed by atoms with Gasteiger partial charge in [0.15, 0.2) is 0 Å². The van der Waals surface area contributed by atoms with Crippen molar-refractivity contribution < 1.29 is 14.3 Å². The summed E-state index contributed by atoms with van der Waals surface area (Å²) >= 11 is 0. The number of carbonyl (C=O) groups excluding carboxylic acids is 1. The fourth-order valence-corrected chi connectivity index (χ4v) is 4.25. The number of anilines is 1. The van der Waals surface area contributed by atoms with Crippen molar-refractivity contribution in [3.8, 4) is 5.75 Å². The summed E-state index contributed by atoms with van der Waals surface area (Å²) in [5, 5.41) is 0. The van der Waals surface area contributed by atoms with Crippen LogP contribution >= 0.6 is 0 Å². The zero-order valence-electron chi connectivity index (χ0n) is 17.2. The molecular formula is C24H30N2O3. The lowest BCUT2D eigenvalue weighted by Crippen LogP contribution is -2.31. The number of methoxy groups -OCH3 is 1. The molecule has 5 nitrogen and oxygen atoms in total. The summed E-state index contributed by atoms with van der Waals surface area (Å²) in [5.74, 6) is 1.12. The Morgan fingerprint density at radius 2 is 1.93 bits per heavy atom. The second-order valence-electron chi connectivity index (χ2n) is 7.97. The first-order chi connectivity index (χ1) is 14.2. The van der Waals surface area contributed by atoms with Gasteiger partial charge in [0.05, 0.1) is 13.2 Å². The number of hydrogen-bond donors (Lipinski definition) is 0. The van der Waals surface area contributed by atoms with Gasteiger partial charge in [-0.2, -0.15) is 0 Å². The molecule has 1 atom stereocenters. The number of rotatable bonds is 8. The van der Waals surface area contributed by atoms with Gasteiger partial charge in [0, 0.05) is 44.9 Å². The predicted molar refractivity (Wildman–Crippen MR) is 114 cm³/mol. The van der Waals surface area contributed by atoms with Gasteiger partial charge in [0.25, 0.3) is 0 Å². The topological polar surface area (TPSA) is 42.0 Å². The van der Waals surface area contributed by atoms with Crippen LogP contribution < -0.4 is 9.64 Å². The molecular weight excluding hydrogens is 364 g/mol. The largest absolute Gasteiger partial charge is 0.497 e. The van der Waals surface area contributed by atoms with Crippen molar-refractivity contribution in [3.05, 3.63) is 59.7 Å². The third-order valence-electron chi connectivity index (χ3n) is 5.75. The monoisotopic (exact) mass is 394 g/mol. The van der Waals surface area contributed by atoms with Gasteiger partial charge < -0.3 is 14.4 Å². The van der Waals surface area contributed by atoms with E-state index in [0.717, 1.165) is 63.5 Å². The Bertz CT molecular complexity index is 815. The molecule has 2 aromatic carbocycles. The average Bonchev–Trinajstić information content (AvgIpc) is 3.40. The number of amides is 1. The highest BCUT2D eigenvalue weighted by atomic mass is 16.5. The normalized spacial score (nSPS) is 19.3. The van der Waals surface area contributed by atoms with Crippen LogP contribution in [0.5, 0.6) is 5.75 Å². The van der Waals surface area contributed by atoms with Crippen molar-refractivity contribution in [1.82, 2.24) is 4.90 Å². The molecule has 29 heavy (non-hydrogen) atoms. The van der Waals surface area contributed by atoms with Gasteiger partial charge in [-0.1, -0.05) is 24.3 Å². The van der Waals surface area contributed by atoms with Crippen LogP contribution in [0.2, 0.25) is 0 Å². The Morgan fingerprint density at radius 1 is 1.10 bits per heavy atom. The molecule has 0 N–H and O–H groups in total. The first kappa shape index (κ1) is 19.9. The average molecular weight is 395 g/mol. The molecule has 1 amide bonds. The van der Waals surface area contributed by atoms with E-state index >= 15 is 0 Å². The van der Waals surface area contributed by atoms with Crippen LogP contribution in [-0.2, 0) is 22.6 Å². The van der Waals surface area contributed by atoms with Crippen molar-refractivity contribution >= 4 is 11.6 Å². The van der Waals surface area contributed by atoms with Gasteiger partial charge in [-0.3, -0.25) is 9.69 Å². The molecule has 0 bridgehead atoms. The first-order valence-electron chi connectivity index (χ1n) is 10.6. The van der Waals surface area contributed by atoms with Gasteiger partial charge in [-0.15, -0.1) is 0 Å². The van der Waals surface area contributed by atoms with E-state index in [1.54, 1.807) is 7.11 Å². The number of hydrogen-bond acceptors (Lipinski definition) is 4. The van der Waals surface area contributed by atoms with E-state index in [4.69, 9.17) is 9.47 Å². The third kappa shape index (κ3) is 5.17. The second kappa shape index (κ2) is 9.42. The summed E-state index contributed by atoms with van der Waals surface area (Å²) in [7, 11) is 1.70. The highest BCUT2D eigenvalue weighted by Gasteiger charge is 2.22. The van der Waals surface area contributed by atoms with Gasteiger partial charge in [-0.05, 0) is 54.7 Å². The van der Waals surface area contributed by atoms with Crippen molar-refractivity contribution in [2.45, 2.75) is 44.9 Å². The Hall–Kier alpha value is -2.37. The minimum absolute atomic E-state index is 0.232. The Labute approximate surface area is 173 Å². The fraction of sp³-hybridized carbons (Fsp3) is 0.458. The molecule has 2 aliphatic rings. The van der Waals surface area contributed by atoms with Crippen molar-refractivity contribution in [3.63, 3.8) is 0 Å². The van der Waals surface area contributed by atoms with Crippen molar-refractivity contribution in [2.24, 2.45) is 0 Å². The summed E-state index contributed by atoms with van der Waals surface area (Å²) in [4.78, 5) is 16.3. The van der Waals surface area contributed by atoms with Crippen LogP contribution in [0.15, 0.2) is 48.5 Å². The van der Waals surface area contributed by atoms with Gasteiger partial charge in [0.1, 0.15) is 5.75 Å². The lowest BCUT2D eigenvalue weighted by Gasteiger charge is -2.26. The van der Waals surface area contributed by atoms with E-state index < -0.39 is 0 Å². The maximum absolute atomic E-state index is 12.0. The van der Waals surface area contributed by atoms with Gasteiger partial charge in [0.2, 0.25) is 5.91 Å². The number of carbonyl (C=O) groups is 1. The van der Waals surface area contributed by atoms with E-state index in [-0.39, 0.29) is 5.91 Å². The molecule has 2 saturated heterocycles. The maximum Gasteiger partial charge on any atom is 0.227 e. The third-order valence-corrected chi connectivity index (χ3v) is 5.75. The number of benzene rings is 2. The second-order valence-corrected chi connectivity index (χ2v) is 7.97. The van der Waals surface area contributed by atoms with Crippen LogP contribution in [0.1, 0.15) is 36.8 Å². The van der Waals surface area contributed by atoms with E-state index in [2.05, 4.69) is 41.3 Å².